The van der Waals surface area contributed by atoms with Gasteiger partial charge in [-0.15, -0.1) is 0 Å². The molecule has 0 bridgehead atoms. The Bertz CT molecular complexity index is 887. The highest BCUT2D eigenvalue weighted by molar-refractivity contribution is 7.80. The van der Waals surface area contributed by atoms with Crippen molar-refractivity contribution in [2.75, 3.05) is 11.4 Å². The maximum absolute atomic E-state index is 12.5. The predicted octanol–water partition coefficient (Wildman–Crippen LogP) is 4.31. The normalized spacial score (nSPS) is 10.4. The van der Waals surface area contributed by atoms with Crippen molar-refractivity contribution in [1.29, 1.82) is 0 Å². The molecule has 4 heteroatoms. The number of nitrogens with one attached hydrogen (secondary N) is 1. The summed E-state index contributed by atoms with van der Waals surface area (Å²) < 4.78 is 0. The second-order valence-corrected chi connectivity index (χ2v) is 6.13. The van der Waals surface area contributed by atoms with Crippen molar-refractivity contribution in [3.8, 4) is 0 Å². The maximum Gasteiger partial charge on any atom is 0.230 e. The fourth-order valence-electron chi connectivity index (χ4n) is 2.90. The third-order valence-electron chi connectivity index (χ3n) is 4.11. The number of para-hydroxylation sites is 1. The summed E-state index contributed by atoms with van der Waals surface area (Å²) in [4.78, 5) is 14.4. The molecular formula is C21H20N2OS. The smallest absolute Gasteiger partial charge is 0.230 e. The van der Waals surface area contributed by atoms with Crippen molar-refractivity contribution < 1.29 is 4.79 Å². The van der Waals surface area contributed by atoms with Crippen LogP contribution in [0.15, 0.2) is 72.8 Å². The summed E-state index contributed by atoms with van der Waals surface area (Å²) in [6.45, 7) is 2.70. The summed E-state index contributed by atoms with van der Waals surface area (Å²) in [6.07, 6.45) is 0.299. The molecule has 126 valence electrons. The number of carbonyl (C=O) groups excluding carboxylic acids is 1. The number of thiocarbonyl (C=S) groups is 1. The van der Waals surface area contributed by atoms with Gasteiger partial charge in [-0.2, -0.15) is 0 Å². The molecule has 1 N–H and O–H groups in total. The van der Waals surface area contributed by atoms with E-state index in [1.165, 1.54) is 0 Å². The third kappa shape index (κ3) is 4.03. The number of hydrogen-bond donors (Lipinski definition) is 1. The number of hydrogen-bond acceptors (Lipinski definition) is 2. The largest absolute Gasteiger partial charge is 0.319 e. The fourth-order valence-corrected chi connectivity index (χ4v) is 3.25. The van der Waals surface area contributed by atoms with E-state index in [-0.39, 0.29) is 5.91 Å². The van der Waals surface area contributed by atoms with Crippen LogP contribution in [0.3, 0.4) is 0 Å². The molecule has 0 heterocycles. The standard InChI is InChI=1S/C21H20N2OS/c1-2-23(18-12-4-3-5-13-18)21(25)22-20(24)15-17-11-8-10-16-9-6-7-14-19(16)17/h3-14H,2,15H2,1H3,(H,22,24,25). The molecule has 0 saturated heterocycles. The Morgan fingerprint density at radius 3 is 2.40 bits per heavy atom. The van der Waals surface area contributed by atoms with Crippen molar-refractivity contribution in [2.24, 2.45) is 0 Å². The summed E-state index contributed by atoms with van der Waals surface area (Å²) >= 11 is 5.44. The molecule has 0 atom stereocenters. The van der Waals surface area contributed by atoms with Crippen LogP contribution in [0.2, 0.25) is 0 Å². The Morgan fingerprint density at radius 2 is 1.64 bits per heavy atom. The molecule has 0 saturated carbocycles. The minimum atomic E-state index is -0.101. The minimum Gasteiger partial charge on any atom is -0.319 e. The van der Waals surface area contributed by atoms with Crippen LogP contribution < -0.4 is 10.2 Å². The van der Waals surface area contributed by atoms with Gasteiger partial charge in [0.2, 0.25) is 5.91 Å². The van der Waals surface area contributed by atoms with Gasteiger partial charge in [0, 0.05) is 12.2 Å². The lowest BCUT2D eigenvalue weighted by atomic mass is 10.0. The van der Waals surface area contributed by atoms with Gasteiger partial charge in [0.25, 0.3) is 0 Å². The molecule has 0 unspecified atom stereocenters. The molecule has 0 aliphatic rings. The van der Waals surface area contributed by atoms with E-state index in [9.17, 15) is 4.79 Å². The molecule has 0 aromatic heterocycles. The van der Waals surface area contributed by atoms with E-state index in [0.29, 0.717) is 18.1 Å². The van der Waals surface area contributed by atoms with Crippen LogP contribution >= 0.6 is 12.2 Å². The molecule has 1 amide bonds. The average Bonchev–Trinajstić information content (AvgIpc) is 2.63. The quantitative estimate of drug-likeness (QED) is 0.713. The van der Waals surface area contributed by atoms with E-state index < -0.39 is 0 Å². The van der Waals surface area contributed by atoms with Crippen molar-refractivity contribution >= 4 is 39.7 Å². The molecule has 3 nitrogen and oxygen atoms in total. The number of carbonyl (C=O) groups is 1. The van der Waals surface area contributed by atoms with E-state index in [1.807, 2.05) is 72.5 Å². The molecule has 0 aliphatic heterocycles. The van der Waals surface area contributed by atoms with Crippen molar-refractivity contribution in [3.05, 3.63) is 78.4 Å². The van der Waals surface area contributed by atoms with E-state index in [0.717, 1.165) is 22.0 Å². The molecule has 3 rings (SSSR count). The Morgan fingerprint density at radius 1 is 0.960 bits per heavy atom. The van der Waals surface area contributed by atoms with Gasteiger partial charge in [-0.1, -0.05) is 60.7 Å². The summed E-state index contributed by atoms with van der Waals surface area (Å²) in [5.41, 5.74) is 1.97. The average molecular weight is 348 g/mol. The lowest BCUT2D eigenvalue weighted by molar-refractivity contribution is -0.119. The first-order valence-electron chi connectivity index (χ1n) is 8.32. The highest BCUT2D eigenvalue weighted by Crippen LogP contribution is 2.19. The zero-order valence-electron chi connectivity index (χ0n) is 14.1. The Kier molecular flexibility index (Phi) is 5.41. The fraction of sp³-hybridized carbons (Fsp3) is 0.143. The van der Waals surface area contributed by atoms with Crippen LogP contribution in [0.25, 0.3) is 10.8 Å². The number of nitrogens with zero attached hydrogens (tertiary/aromatic N) is 1. The van der Waals surface area contributed by atoms with Crippen LogP contribution in [0.4, 0.5) is 5.69 Å². The lowest BCUT2D eigenvalue weighted by Crippen LogP contribution is -2.43. The highest BCUT2D eigenvalue weighted by Gasteiger charge is 2.14. The van der Waals surface area contributed by atoms with Gasteiger partial charge < -0.3 is 10.2 Å². The second kappa shape index (κ2) is 7.90. The molecule has 0 aliphatic carbocycles. The van der Waals surface area contributed by atoms with Crippen LogP contribution in [0, 0.1) is 0 Å². The van der Waals surface area contributed by atoms with E-state index in [4.69, 9.17) is 12.2 Å². The van der Waals surface area contributed by atoms with Gasteiger partial charge in [0.1, 0.15) is 0 Å². The van der Waals surface area contributed by atoms with Gasteiger partial charge in [0.15, 0.2) is 5.11 Å². The van der Waals surface area contributed by atoms with E-state index in [1.54, 1.807) is 0 Å². The molecule has 25 heavy (non-hydrogen) atoms. The maximum atomic E-state index is 12.5. The molecule has 3 aromatic rings. The van der Waals surface area contributed by atoms with Crippen molar-refractivity contribution in [2.45, 2.75) is 13.3 Å². The molecule has 0 radical (unpaired) electrons. The van der Waals surface area contributed by atoms with E-state index in [2.05, 4.69) is 17.4 Å². The van der Waals surface area contributed by atoms with Gasteiger partial charge in [-0.25, -0.2) is 0 Å². The second-order valence-electron chi connectivity index (χ2n) is 5.75. The lowest BCUT2D eigenvalue weighted by Gasteiger charge is -2.23. The molecule has 0 spiro atoms. The highest BCUT2D eigenvalue weighted by atomic mass is 32.1. The molecule has 3 aromatic carbocycles. The first-order chi connectivity index (χ1) is 12.2. The topological polar surface area (TPSA) is 32.3 Å². The van der Waals surface area contributed by atoms with Crippen LogP contribution in [0.1, 0.15) is 12.5 Å². The van der Waals surface area contributed by atoms with Crippen molar-refractivity contribution in [3.63, 3.8) is 0 Å². The van der Waals surface area contributed by atoms with Crippen LogP contribution in [-0.4, -0.2) is 17.6 Å². The number of fused-ring (bicyclic) bond motifs is 1. The number of rotatable bonds is 4. The zero-order valence-corrected chi connectivity index (χ0v) is 14.9. The SMILES string of the molecule is CCN(C(=S)NC(=O)Cc1cccc2ccccc12)c1ccccc1. The van der Waals surface area contributed by atoms with Gasteiger partial charge in [-0.3, -0.25) is 4.79 Å². The minimum absolute atomic E-state index is 0.101. The summed E-state index contributed by atoms with van der Waals surface area (Å²) in [7, 11) is 0. The monoisotopic (exact) mass is 348 g/mol. The number of anilines is 1. The summed E-state index contributed by atoms with van der Waals surface area (Å²) in [6, 6.07) is 23.9. The Hall–Kier alpha value is -2.72. The predicted molar refractivity (Wildman–Crippen MR) is 108 cm³/mol. The van der Waals surface area contributed by atoms with Crippen LogP contribution in [-0.2, 0) is 11.2 Å². The van der Waals surface area contributed by atoms with E-state index >= 15 is 0 Å². The Balaban J connectivity index is 1.72. The Labute approximate surface area is 153 Å². The third-order valence-corrected chi connectivity index (χ3v) is 4.43. The van der Waals surface area contributed by atoms with Crippen molar-refractivity contribution in [1.82, 2.24) is 5.32 Å². The molecule has 0 fully saturated rings. The number of amides is 1. The summed E-state index contributed by atoms with van der Waals surface area (Å²) in [5.74, 6) is -0.101. The first kappa shape index (κ1) is 17.1. The zero-order chi connectivity index (χ0) is 17.6. The molecular weight excluding hydrogens is 328 g/mol. The number of benzene rings is 3. The van der Waals surface area contributed by atoms with Crippen LogP contribution in [0.5, 0.6) is 0 Å². The summed E-state index contributed by atoms with van der Waals surface area (Å²) in [5, 5.41) is 5.52. The van der Waals surface area contributed by atoms with Gasteiger partial charge in [0.05, 0.1) is 6.42 Å². The first-order valence-corrected chi connectivity index (χ1v) is 8.73. The van der Waals surface area contributed by atoms with Gasteiger partial charge >= 0.3 is 0 Å². The van der Waals surface area contributed by atoms with Gasteiger partial charge in [-0.05, 0) is 47.6 Å².